The minimum atomic E-state index is -11.2. The van der Waals surface area contributed by atoms with Crippen LogP contribution in [0.3, 0.4) is 0 Å². The normalized spacial score (nSPS) is 16.2. The summed E-state index contributed by atoms with van der Waals surface area (Å²) in [6.45, 7) is 0. The molecule has 0 amide bonds. The van der Waals surface area contributed by atoms with Gasteiger partial charge in [-0.25, -0.2) is 0 Å². The van der Waals surface area contributed by atoms with Crippen LogP contribution in [0.5, 0.6) is 0 Å². The molecule has 0 aliphatic rings. The molecule has 0 nitrogen and oxygen atoms in total. The van der Waals surface area contributed by atoms with Crippen LogP contribution in [-0.2, 0) is 17.2 Å². The molecule has 0 aromatic heterocycles. The van der Waals surface area contributed by atoms with Gasteiger partial charge in [0, 0.05) is 0 Å². The van der Waals surface area contributed by atoms with Crippen molar-refractivity contribution in [3.05, 3.63) is 0 Å². The molecule has 0 aromatic carbocycles. The fraction of sp³-hybridized carbons (Fsp3) is 0. The molecular formula is F6Na3Ti. The smallest absolute Gasteiger partial charge is 1.00 e. The molecule has 0 N–H and O–H groups in total. The van der Waals surface area contributed by atoms with E-state index >= 15 is 0 Å². The van der Waals surface area contributed by atoms with Crippen LogP contribution in [0.15, 0.2) is 0 Å². The largest absolute Gasteiger partial charge is 1.00 e. The van der Waals surface area contributed by atoms with Crippen LogP contribution in [0, 0.1) is 0 Å². The Morgan fingerprint density at radius 2 is 0.500 bits per heavy atom. The summed E-state index contributed by atoms with van der Waals surface area (Å²) in [6.07, 6.45) is 0. The number of rotatable bonds is 0. The fourth-order valence-corrected chi connectivity index (χ4v) is 0. The molecule has 0 radical (unpaired) electrons. The molecule has 0 bridgehead atoms. The summed E-state index contributed by atoms with van der Waals surface area (Å²) in [4.78, 5) is 0. The van der Waals surface area contributed by atoms with Crippen molar-refractivity contribution in [3.63, 3.8) is 0 Å². The second-order valence-electron chi connectivity index (χ2n) is 1.07. The zero-order valence-electron chi connectivity index (χ0n) is 5.77. The molecule has 0 aliphatic heterocycles. The van der Waals surface area contributed by atoms with Gasteiger partial charge in [-0.1, -0.05) is 0 Å². The molecule has 0 unspecified atom stereocenters. The van der Waals surface area contributed by atoms with Crippen molar-refractivity contribution in [2.24, 2.45) is 0 Å². The van der Waals surface area contributed by atoms with Crippen molar-refractivity contribution in [2.45, 2.75) is 0 Å². The Balaban J connectivity index is -0.0000000600. The Bertz CT molecular complexity index is 71.6. The first-order valence-corrected chi connectivity index (χ1v) is 4.68. The van der Waals surface area contributed by atoms with Crippen LogP contribution in [0.2, 0.25) is 0 Å². The van der Waals surface area contributed by atoms with E-state index in [0.29, 0.717) is 0 Å². The summed E-state index contributed by atoms with van der Waals surface area (Å²) in [7, 11) is 0. The predicted octanol–water partition coefficient (Wildman–Crippen LogP) is -6.47. The van der Waals surface area contributed by atoms with Gasteiger partial charge in [-0.3, -0.25) is 0 Å². The molecule has 0 spiro atoms. The van der Waals surface area contributed by atoms with E-state index in [1.807, 2.05) is 0 Å². The molecule has 0 rings (SSSR count). The van der Waals surface area contributed by atoms with Crippen molar-refractivity contribution in [3.8, 4) is 0 Å². The van der Waals surface area contributed by atoms with Crippen molar-refractivity contribution >= 4 is 0 Å². The third kappa shape index (κ3) is 110. The van der Waals surface area contributed by atoms with Crippen molar-refractivity contribution < 1.29 is 124 Å². The van der Waals surface area contributed by atoms with Gasteiger partial charge in [0.1, 0.15) is 0 Å². The maximum Gasteiger partial charge on any atom is 1.00 e. The van der Waals surface area contributed by atoms with E-state index in [1.165, 1.54) is 0 Å². The molecule has 10 heavy (non-hydrogen) atoms. The first-order chi connectivity index (χ1) is 2.45. The fourth-order valence-electron chi connectivity index (χ4n) is 0. The molecule has 49 valence electrons. The quantitative estimate of drug-likeness (QED) is 0.287. The first kappa shape index (κ1) is 23.3. The molecule has 0 saturated heterocycles. The van der Waals surface area contributed by atoms with Gasteiger partial charge in [-0.2, -0.15) is 0 Å². The molecular weight excluding hydrogens is 231 g/mol. The van der Waals surface area contributed by atoms with E-state index in [4.69, 9.17) is 0 Å². The summed E-state index contributed by atoms with van der Waals surface area (Å²) < 4.78 is 59.5. The topological polar surface area (TPSA) is 0 Å². The molecule has 0 heterocycles. The third-order valence-corrected chi connectivity index (χ3v) is 0. The molecule has 0 saturated carbocycles. The van der Waals surface area contributed by atoms with Gasteiger partial charge in [0.25, 0.3) is 0 Å². The molecule has 0 atom stereocenters. The zero-order valence-corrected chi connectivity index (χ0v) is 13.3. The Kier molecular flexibility index (Phi) is 10.9. The number of halogens is 6. The van der Waals surface area contributed by atoms with Crippen molar-refractivity contribution in [1.29, 1.82) is 0 Å². The monoisotopic (exact) mass is 231 g/mol. The van der Waals surface area contributed by atoms with Crippen LogP contribution in [0.4, 0.5) is 18.6 Å². The van der Waals surface area contributed by atoms with E-state index < -0.39 is 17.2 Å². The maximum absolute atomic E-state index is 11.2. The number of hydrogen-bond donors (Lipinski definition) is 0. The molecule has 0 aromatic rings. The van der Waals surface area contributed by atoms with Gasteiger partial charge in [0.2, 0.25) is 0 Å². The van der Waals surface area contributed by atoms with Gasteiger partial charge < -0.3 is 0 Å². The van der Waals surface area contributed by atoms with Crippen LogP contribution in [0.1, 0.15) is 0 Å². The summed E-state index contributed by atoms with van der Waals surface area (Å²) >= 11 is -11.2. The third-order valence-electron chi connectivity index (χ3n) is 0. The van der Waals surface area contributed by atoms with Crippen molar-refractivity contribution in [1.82, 2.24) is 0 Å². The maximum atomic E-state index is 9.92. The van der Waals surface area contributed by atoms with Gasteiger partial charge in [0.05, 0.1) is 0 Å². The summed E-state index contributed by atoms with van der Waals surface area (Å²) in [5.41, 5.74) is 0. The summed E-state index contributed by atoms with van der Waals surface area (Å²) in [5.74, 6) is 0. The SMILES string of the molecule is [F][Ti-3]([F])([F])([F])([F])[F].[Na+].[Na+].[Na+]. The van der Waals surface area contributed by atoms with E-state index in [-0.39, 0.29) is 88.7 Å². The van der Waals surface area contributed by atoms with Crippen LogP contribution >= 0.6 is 0 Å². The Labute approximate surface area is 122 Å². The van der Waals surface area contributed by atoms with Gasteiger partial charge in [0.15, 0.2) is 0 Å². The Morgan fingerprint density at radius 1 is 0.500 bits per heavy atom. The standard InChI is InChI=1S/6FH.3Na.Ti/h6*1H;;;;/q;;;;;;3*+1;+3/p-6. The van der Waals surface area contributed by atoms with Crippen LogP contribution < -0.4 is 88.7 Å². The summed E-state index contributed by atoms with van der Waals surface area (Å²) in [6, 6.07) is 0. The minimum absolute atomic E-state index is 0. The average molecular weight is 231 g/mol. The van der Waals surface area contributed by atoms with Crippen molar-refractivity contribution in [2.75, 3.05) is 0 Å². The number of hydrogen-bond acceptors (Lipinski definition) is 0. The molecule has 0 aliphatic carbocycles. The Morgan fingerprint density at radius 3 is 0.500 bits per heavy atom. The van der Waals surface area contributed by atoms with Crippen LogP contribution in [-0.4, -0.2) is 0 Å². The van der Waals surface area contributed by atoms with Gasteiger partial charge >= 0.3 is 124 Å². The molecule has 10 heteroatoms. The Hall–Kier alpha value is 3.29. The summed E-state index contributed by atoms with van der Waals surface area (Å²) in [5, 5.41) is 0. The van der Waals surface area contributed by atoms with E-state index in [2.05, 4.69) is 0 Å². The van der Waals surface area contributed by atoms with E-state index in [1.54, 1.807) is 0 Å². The zero-order chi connectivity index (χ0) is 6.41. The van der Waals surface area contributed by atoms with Gasteiger partial charge in [-0.05, 0) is 0 Å². The second-order valence-corrected chi connectivity index (χ2v) is 4.42. The first-order valence-electron chi connectivity index (χ1n) is 1.13. The predicted molar refractivity (Wildman–Crippen MR) is 6.65 cm³/mol. The average Bonchev–Trinajstić information content (AvgIpc) is 0.592. The van der Waals surface area contributed by atoms with E-state index in [0.717, 1.165) is 0 Å². The van der Waals surface area contributed by atoms with E-state index in [9.17, 15) is 18.6 Å². The second kappa shape index (κ2) is 4.69. The van der Waals surface area contributed by atoms with Crippen LogP contribution in [0.25, 0.3) is 0 Å². The molecule has 0 fully saturated rings. The van der Waals surface area contributed by atoms with Gasteiger partial charge in [-0.15, -0.1) is 0 Å². The minimum Gasteiger partial charge on any atom is 1.00 e.